The van der Waals surface area contributed by atoms with E-state index in [0.29, 0.717) is 23.9 Å². The number of anilines is 2. The average Bonchev–Trinajstić information content (AvgIpc) is 3.32. The lowest BCUT2D eigenvalue weighted by Gasteiger charge is -2.42. The van der Waals surface area contributed by atoms with Crippen LogP contribution in [0, 0.1) is 5.92 Å². The highest BCUT2D eigenvalue weighted by Gasteiger charge is 2.47. The summed E-state index contributed by atoms with van der Waals surface area (Å²) in [6, 6.07) is 1.74. The number of ether oxygens (including phenoxy) is 2. The molecule has 4 atom stereocenters. The molecule has 1 amide bonds. The number of fused-ring (bicyclic) bond motifs is 4. The van der Waals surface area contributed by atoms with Gasteiger partial charge in [-0.15, -0.1) is 0 Å². The molecule has 2 aromatic rings. The van der Waals surface area contributed by atoms with Crippen molar-refractivity contribution in [3.05, 3.63) is 23.9 Å². The molecule has 45 heavy (non-hydrogen) atoms. The maximum Gasteiger partial charge on any atom is 0.410 e. The number of carbonyl (C=O) groups is 1. The first-order valence-corrected chi connectivity index (χ1v) is 17.5. The third kappa shape index (κ3) is 6.13. The fraction of sp³-hybridized carbons (Fsp3) is 0.758. The third-order valence-corrected chi connectivity index (χ3v) is 11.1. The molecule has 8 rings (SSSR count). The lowest BCUT2D eigenvalue weighted by molar-refractivity contribution is -0.0306. The minimum Gasteiger partial charge on any atom is -0.443 e. The summed E-state index contributed by atoms with van der Waals surface area (Å²) < 4.78 is 13.4. The van der Waals surface area contributed by atoms with Crippen LogP contribution in [0.5, 0.6) is 0 Å². The molecule has 2 N–H and O–H groups in total. The van der Waals surface area contributed by atoms with E-state index in [1.165, 1.54) is 19.4 Å². The van der Waals surface area contributed by atoms with E-state index in [1.54, 1.807) is 0 Å². The summed E-state index contributed by atoms with van der Waals surface area (Å²) in [4.78, 5) is 30.2. The number of likely N-dealkylation sites (tertiary alicyclic amines) is 2. The van der Waals surface area contributed by atoms with Crippen molar-refractivity contribution in [3.8, 4) is 0 Å². The van der Waals surface area contributed by atoms with Crippen LogP contribution in [0.25, 0.3) is 5.65 Å². The first-order valence-electron chi connectivity index (χ1n) is 17.5. The van der Waals surface area contributed by atoms with E-state index in [4.69, 9.17) is 19.4 Å². The molecule has 5 aliphatic heterocycles. The molecule has 5 saturated heterocycles. The highest BCUT2D eigenvalue weighted by atomic mass is 16.6. The second-order valence-corrected chi connectivity index (χ2v) is 14.5. The lowest BCUT2D eigenvalue weighted by atomic mass is 9.98. The molecule has 4 unspecified atom stereocenters. The van der Waals surface area contributed by atoms with E-state index in [0.717, 1.165) is 101 Å². The molecule has 7 heterocycles. The number of piperidine rings is 2. The van der Waals surface area contributed by atoms with Crippen molar-refractivity contribution in [2.24, 2.45) is 5.92 Å². The zero-order valence-electron chi connectivity index (χ0n) is 26.8. The van der Waals surface area contributed by atoms with E-state index in [-0.39, 0.29) is 30.3 Å². The van der Waals surface area contributed by atoms with Gasteiger partial charge in [-0.1, -0.05) is 26.0 Å². The van der Waals surface area contributed by atoms with Gasteiger partial charge in [0.1, 0.15) is 6.10 Å². The second kappa shape index (κ2) is 12.3. The van der Waals surface area contributed by atoms with Gasteiger partial charge in [-0.05, 0) is 69.7 Å². The van der Waals surface area contributed by atoms with Gasteiger partial charge in [-0.3, -0.25) is 9.80 Å². The van der Waals surface area contributed by atoms with Gasteiger partial charge in [-0.25, -0.2) is 4.79 Å². The highest BCUT2D eigenvalue weighted by molar-refractivity contribution is 5.69. The van der Waals surface area contributed by atoms with Crippen molar-refractivity contribution in [1.82, 2.24) is 34.3 Å². The summed E-state index contributed by atoms with van der Waals surface area (Å²) >= 11 is 0. The van der Waals surface area contributed by atoms with Crippen molar-refractivity contribution < 1.29 is 14.3 Å². The van der Waals surface area contributed by atoms with Crippen molar-refractivity contribution in [1.29, 1.82) is 0 Å². The van der Waals surface area contributed by atoms with Gasteiger partial charge >= 0.3 is 6.09 Å². The van der Waals surface area contributed by atoms with E-state index >= 15 is 0 Å². The predicted octanol–water partition coefficient (Wildman–Crippen LogP) is 3.72. The standard InChI is InChI=1S/C33H49N9O3/c1-21(2)28-18-34-42-30(28)37-31(35-23-8-13-44-14-9-23)38-32(42)36-24-16-25-5-6-26(17-24)41(25)33(43)45-27-19-39(20-27)10-3-4-11-40-12-7-22-15-29(22)40/h3-4,18,21-27,29H,5-17,19-20H2,1-2H3,(H2,35,36,37,38)/b4-3+. The molecule has 1 saturated carbocycles. The van der Waals surface area contributed by atoms with Crippen LogP contribution in [0.1, 0.15) is 76.7 Å². The summed E-state index contributed by atoms with van der Waals surface area (Å²) in [6.45, 7) is 10.8. The number of hydrogen-bond acceptors (Lipinski definition) is 10. The van der Waals surface area contributed by atoms with Crippen LogP contribution in [0.2, 0.25) is 0 Å². The number of nitrogens with zero attached hydrogens (tertiary/aromatic N) is 7. The van der Waals surface area contributed by atoms with Crippen LogP contribution in [0.4, 0.5) is 16.7 Å². The number of carbonyl (C=O) groups excluding carboxylic acids is 1. The number of rotatable bonds is 10. The first-order chi connectivity index (χ1) is 22.0. The fourth-order valence-corrected chi connectivity index (χ4v) is 8.36. The predicted molar refractivity (Wildman–Crippen MR) is 172 cm³/mol. The Morgan fingerprint density at radius 1 is 1.00 bits per heavy atom. The normalized spacial score (nSPS) is 30.7. The van der Waals surface area contributed by atoms with Gasteiger partial charge in [-0.2, -0.15) is 19.6 Å². The van der Waals surface area contributed by atoms with Crippen molar-refractivity contribution in [3.63, 3.8) is 0 Å². The van der Waals surface area contributed by atoms with E-state index in [1.807, 2.05) is 15.6 Å². The van der Waals surface area contributed by atoms with Crippen molar-refractivity contribution in [2.75, 3.05) is 56.6 Å². The Morgan fingerprint density at radius 3 is 2.49 bits per heavy atom. The first kappa shape index (κ1) is 29.4. The molecule has 12 nitrogen and oxygen atoms in total. The van der Waals surface area contributed by atoms with Gasteiger partial charge in [0.2, 0.25) is 11.9 Å². The Kier molecular flexibility index (Phi) is 8.07. The molecule has 0 aromatic carbocycles. The minimum atomic E-state index is -0.129. The Hall–Kier alpha value is -2.96. The molecule has 2 aromatic heterocycles. The van der Waals surface area contributed by atoms with Crippen molar-refractivity contribution in [2.45, 2.75) is 107 Å². The van der Waals surface area contributed by atoms with Gasteiger partial charge in [0.15, 0.2) is 5.65 Å². The molecular formula is C33H49N9O3. The maximum absolute atomic E-state index is 13.3. The summed E-state index contributed by atoms with van der Waals surface area (Å²) in [5.41, 5.74) is 1.95. The van der Waals surface area contributed by atoms with Crippen molar-refractivity contribution >= 4 is 23.6 Å². The molecular weight excluding hydrogens is 570 g/mol. The number of amides is 1. The minimum absolute atomic E-state index is 0.00197. The number of nitrogens with one attached hydrogen (secondary N) is 2. The summed E-state index contributed by atoms with van der Waals surface area (Å²) in [7, 11) is 0. The molecule has 244 valence electrons. The van der Waals surface area contributed by atoms with Crippen LogP contribution in [-0.2, 0) is 9.47 Å². The van der Waals surface area contributed by atoms with Crippen LogP contribution in [0.3, 0.4) is 0 Å². The zero-order chi connectivity index (χ0) is 30.5. The second-order valence-electron chi connectivity index (χ2n) is 14.5. The topological polar surface area (TPSA) is 112 Å². The van der Waals surface area contributed by atoms with Crippen LogP contribution >= 0.6 is 0 Å². The lowest BCUT2D eigenvalue weighted by Crippen LogP contribution is -2.56. The fourth-order valence-electron chi connectivity index (χ4n) is 8.36. The Balaban J connectivity index is 0.853. The summed E-state index contributed by atoms with van der Waals surface area (Å²) in [6.07, 6.45) is 14.9. The molecule has 1 aliphatic carbocycles. The van der Waals surface area contributed by atoms with E-state index in [9.17, 15) is 4.79 Å². The molecule has 6 aliphatic rings. The monoisotopic (exact) mass is 619 g/mol. The molecule has 0 spiro atoms. The Bertz CT molecular complexity index is 1390. The molecule has 6 fully saturated rings. The van der Waals surface area contributed by atoms with Gasteiger partial charge < -0.3 is 25.0 Å². The highest BCUT2D eigenvalue weighted by Crippen LogP contribution is 2.44. The average molecular weight is 620 g/mol. The SMILES string of the molecule is CC(C)c1cnn2c(NC3CC4CCC(C3)N4C(=O)OC3CN(C/C=C/CN4CCC5CC54)C3)nc(NC3CCOCC3)nc12. The summed E-state index contributed by atoms with van der Waals surface area (Å²) in [5.74, 6) is 2.64. The largest absolute Gasteiger partial charge is 0.443 e. The summed E-state index contributed by atoms with van der Waals surface area (Å²) in [5, 5.41) is 12.0. The Morgan fingerprint density at radius 2 is 1.78 bits per heavy atom. The molecule has 2 bridgehead atoms. The molecule has 12 heteroatoms. The molecule has 0 radical (unpaired) electrons. The van der Waals surface area contributed by atoms with Gasteiger partial charge in [0, 0.05) is 75.2 Å². The zero-order valence-corrected chi connectivity index (χ0v) is 26.8. The van der Waals surface area contributed by atoms with E-state index in [2.05, 4.69) is 51.5 Å². The maximum atomic E-state index is 13.3. The number of aromatic nitrogens is 4. The van der Waals surface area contributed by atoms with Gasteiger partial charge in [0.25, 0.3) is 0 Å². The number of hydrogen-bond donors (Lipinski definition) is 2. The Labute approximate surface area is 265 Å². The quantitative estimate of drug-likeness (QED) is 0.382. The van der Waals surface area contributed by atoms with E-state index < -0.39 is 0 Å². The smallest absolute Gasteiger partial charge is 0.410 e. The third-order valence-electron chi connectivity index (χ3n) is 11.1. The van der Waals surface area contributed by atoms with Crippen LogP contribution in [0.15, 0.2) is 18.3 Å². The van der Waals surface area contributed by atoms with Gasteiger partial charge in [0.05, 0.1) is 6.20 Å². The van der Waals surface area contributed by atoms with Crippen LogP contribution in [-0.4, -0.2) is 123 Å². The van der Waals surface area contributed by atoms with Crippen LogP contribution < -0.4 is 10.6 Å².